The average molecular weight is 302 g/mol. The molecule has 1 fully saturated rings. The summed E-state index contributed by atoms with van der Waals surface area (Å²) in [5, 5.41) is 16.2. The van der Waals surface area contributed by atoms with E-state index in [1.807, 2.05) is 30.3 Å². The second-order valence-corrected chi connectivity index (χ2v) is 5.43. The maximum absolute atomic E-state index is 11.8. The Morgan fingerprint density at radius 2 is 2.14 bits per heavy atom. The third-order valence-corrected chi connectivity index (χ3v) is 3.68. The van der Waals surface area contributed by atoms with E-state index in [-0.39, 0.29) is 18.6 Å². The van der Waals surface area contributed by atoms with Crippen molar-refractivity contribution in [3.05, 3.63) is 41.7 Å². The van der Waals surface area contributed by atoms with Gasteiger partial charge in [-0.1, -0.05) is 30.3 Å². The van der Waals surface area contributed by atoms with Gasteiger partial charge >= 0.3 is 6.09 Å². The van der Waals surface area contributed by atoms with E-state index >= 15 is 0 Å². The van der Waals surface area contributed by atoms with Crippen molar-refractivity contribution in [3.8, 4) is 0 Å². The Balaban J connectivity index is 1.55. The van der Waals surface area contributed by atoms with E-state index in [2.05, 4.69) is 15.4 Å². The first kappa shape index (κ1) is 14.5. The van der Waals surface area contributed by atoms with Crippen LogP contribution in [0.5, 0.6) is 0 Å². The largest absolute Gasteiger partial charge is 0.444 e. The summed E-state index contributed by atoms with van der Waals surface area (Å²) in [5.41, 5.74) is 0.916. The van der Waals surface area contributed by atoms with Crippen LogP contribution < -0.4 is 5.32 Å². The number of nitrogens with one attached hydrogen (secondary N) is 1. The number of aliphatic hydroxyl groups is 1. The molecule has 3 rings (SSSR count). The van der Waals surface area contributed by atoms with Crippen molar-refractivity contribution >= 4 is 12.0 Å². The molecule has 2 N–H and O–H groups in total. The van der Waals surface area contributed by atoms with Gasteiger partial charge in [-0.3, -0.25) is 5.32 Å². The lowest BCUT2D eigenvalue weighted by Crippen LogP contribution is -2.27. The van der Waals surface area contributed by atoms with E-state index in [0.29, 0.717) is 24.6 Å². The number of aromatic nitrogens is 3. The number of ether oxygens (including phenoxy) is 1. The fraction of sp³-hybridized carbons (Fsp3) is 0.400. The van der Waals surface area contributed by atoms with Crippen molar-refractivity contribution in [2.75, 3.05) is 5.32 Å². The number of carbonyl (C=O) groups excluding carboxylic acids is 1. The number of hydrogen-bond acceptors (Lipinski definition) is 5. The van der Waals surface area contributed by atoms with Crippen LogP contribution >= 0.6 is 0 Å². The lowest BCUT2D eigenvalue weighted by Gasteiger charge is -2.28. The first-order valence-electron chi connectivity index (χ1n) is 7.18. The molecule has 7 nitrogen and oxygen atoms in total. The zero-order valence-corrected chi connectivity index (χ0v) is 12.3. The van der Waals surface area contributed by atoms with Gasteiger partial charge in [-0.25, -0.2) is 9.48 Å². The second-order valence-electron chi connectivity index (χ2n) is 5.43. The predicted octanol–water partition coefficient (Wildman–Crippen LogP) is 1.80. The van der Waals surface area contributed by atoms with E-state index in [9.17, 15) is 9.90 Å². The average Bonchev–Trinajstić information content (AvgIpc) is 2.83. The van der Waals surface area contributed by atoms with Gasteiger partial charge in [0.1, 0.15) is 6.61 Å². The minimum atomic E-state index is -0.570. The highest BCUT2D eigenvalue weighted by Crippen LogP contribution is 2.35. The van der Waals surface area contributed by atoms with Gasteiger partial charge < -0.3 is 9.84 Å². The van der Waals surface area contributed by atoms with Gasteiger partial charge in [0, 0.05) is 13.0 Å². The Morgan fingerprint density at radius 3 is 2.82 bits per heavy atom. The SMILES string of the molecule is Cn1nc(C2CC(O)C2)nc1NC(=O)OCc1ccccc1. The molecule has 0 aliphatic heterocycles. The van der Waals surface area contributed by atoms with Crippen molar-refractivity contribution < 1.29 is 14.6 Å². The van der Waals surface area contributed by atoms with Crippen LogP contribution in [0.15, 0.2) is 30.3 Å². The van der Waals surface area contributed by atoms with E-state index in [4.69, 9.17) is 4.74 Å². The molecule has 1 aliphatic carbocycles. The predicted molar refractivity (Wildman–Crippen MR) is 79.2 cm³/mol. The highest BCUT2D eigenvalue weighted by molar-refractivity contribution is 5.82. The lowest BCUT2D eigenvalue weighted by molar-refractivity contribution is 0.0716. The Morgan fingerprint density at radius 1 is 1.41 bits per heavy atom. The standard InChI is InChI=1S/C15H18N4O3/c1-19-14(16-13(18-19)11-7-12(20)8-11)17-15(21)22-9-10-5-3-2-4-6-10/h2-6,11-12,20H,7-9H2,1H3,(H,16,17,18,21). The summed E-state index contributed by atoms with van der Waals surface area (Å²) in [5.74, 6) is 1.15. The quantitative estimate of drug-likeness (QED) is 0.899. The van der Waals surface area contributed by atoms with E-state index < -0.39 is 6.09 Å². The number of carbonyl (C=O) groups is 1. The van der Waals surface area contributed by atoms with Crippen LogP contribution in [0.2, 0.25) is 0 Å². The number of aliphatic hydroxyl groups excluding tert-OH is 1. The van der Waals surface area contributed by atoms with E-state index in [1.165, 1.54) is 4.68 Å². The van der Waals surface area contributed by atoms with Crippen LogP contribution in [-0.4, -0.2) is 32.1 Å². The van der Waals surface area contributed by atoms with Crippen molar-refractivity contribution in [1.29, 1.82) is 0 Å². The van der Waals surface area contributed by atoms with Crippen molar-refractivity contribution in [3.63, 3.8) is 0 Å². The molecule has 2 aromatic rings. The van der Waals surface area contributed by atoms with Crippen LogP contribution in [0.25, 0.3) is 0 Å². The summed E-state index contributed by atoms with van der Waals surface area (Å²) in [4.78, 5) is 16.1. The topological polar surface area (TPSA) is 89.3 Å². The molecule has 1 aromatic carbocycles. The number of benzene rings is 1. The molecule has 0 atom stereocenters. The molecule has 116 valence electrons. The van der Waals surface area contributed by atoms with Gasteiger partial charge in [-0.2, -0.15) is 10.1 Å². The minimum absolute atomic E-state index is 0.164. The lowest BCUT2D eigenvalue weighted by atomic mass is 9.82. The molecule has 1 aliphatic rings. The Kier molecular flexibility index (Phi) is 4.06. The third kappa shape index (κ3) is 3.25. The molecular formula is C15H18N4O3. The molecule has 0 saturated heterocycles. The number of nitrogens with zero attached hydrogens (tertiary/aromatic N) is 3. The van der Waals surface area contributed by atoms with Crippen LogP contribution in [0, 0.1) is 0 Å². The zero-order valence-electron chi connectivity index (χ0n) is 12.3. The third-order valence-electron chi connectivity index (χ3n) is 3.68. The van der Waals surface area contributed by atoms with Crippen molar-refractivity contribution in [2.45, 2.75) is 31.5 Å². The molecule has 1 aromatic heterocycles. The van der Waals surface area contributed by atoms with Gasteiger partial charge in [0.25, 0.3) is 0 Å². The highest BCUT2D eigenvalue weighted by atomic mass is 16.5. The fourth-order valence-corrected chi connectivity index (χ4v) is 2.34. The molecule has 22 heavy (non-hydrogen) atoms. The Labute approximate surface area is 127 Å². The monoisotopic (exact) mass is 302 g/mol. The fourth-order valence-electron chi connectivity index (χ4n) is 2.34. The molecule has 1 amide bonds. The summed E-state index contributed by atoms with van der Waals surface area (Å²) >= 11 is 0. The Bertz CT molecular complexity index is 650. The summed E-state index contributed by atoms with van der Waals surface area (Å²) < 4.78 is 6.65. The van der Waals surface area contributed by atoms with Crippen LogP contribution in [0.4, 0.5) is 10.7 Å². The van der Waals surface area contributed by atoms with Crippen LogP contribution in [0.3, 0.4) is 0 Å². The van der Waals surface area contributed by atoms with Gasteiger partial charge in [0.05, 0.1) is 6.10 Å². The number of amides is 1. The molecule has 7 heteroatoms. The number of aryl methyl sites for hydroxylation is 1. The van der Waals surface area contributed by atoms with E-state index in [1.54, 1.807) is 7.05 Å². The summed E-state index contributed by atoms with van der Waals surface area (Å²) in [6.07, 6.45) is 0.504. The first-order chi connectivity index (χ1) is 10.6. The molecule has 0 bridgehead atoms. The molecule has 1 heterocycles. The normalized spacial score (nSPS) is 20.3. The van der Waals surface area contributed by atoms with Gasteiger partial charge in [0.15, 0.2) is 5.82 Å². The number of hydrogen-bond donors (Lipinski definition) is 2. The summed E-state index contributed by atoms with van der Waals surface area (Å²) in [7, 11) is 1.71. The van der Waals surface area contributed by atoms with Gasteiger partial charge in [0.2, 0.25) is 5.95 Å². The minimum Gasteiger partial charge on any atom is -0.444 e. The van der Waals surface area contributed by atoms with E-state index in [0.717, 1.165) is 5.56 Å². The molecule has 1 saturated carbocycles. The molecule has 0 spiro atoms. The van der Waals surface area contributed by atoms with Gasteiger partial charge in [-0.05, 0) is 18.4 Å². The maximum atomic E-state index is 11.8. The van der Waals surface area contributed by atoms with Gasteiger partial charge in [-0.15, -0.1) is 0 Å². The highest BCUT2D eigenvalue weighted by Gasteiger charge is 2.32. The number of anilines is 1. The van der Waals surface area contributed by atoms with Crippen molar-refractivity contribution in [1.82, 2.24) is 14.8 Å². The number of rotatable bonds is 4. The van der Waals surface area contributed by atoms with Crippen LogP contribution in [0.1, 0.15) is 30.1 Å². The first-order valence-corrected chi connectivity index (χ1v) is 7.18. The summed E-state index contributed by atoms with van der Waals surface area (Å²) in [6, 6.07) is 9.45. The molecule has 0 unspecified atom stereocenters. The maximum Gasteiger partial charge on any atom is 0.414 e. The molecular weight excluding hydrogens is 284 g/mol. The van der Waals surface area contributed by atoms with Crippen molar-refractivity contribution in [2.24, 2.45) is 7.05 Å². The zero-order chi connectivity index (χ0) is 15.5. The molecule has 0 radical (unpaired) electrons. The summed E-state index contributed by atoms with van der Waals surface area (Å²) in [6.45, 7) is 0.201. The smallest absolute Gasteiger partial charge is 0.414 e. The second kappa shape index (κ2) is 6.15. The van der Waals surface area contributed by atoms with Crippen LogP contribution in [-0.2, 0) is 18.4 Å². The Hall–Kier alpha value is -2.41.